The van der Waals surface area contributed by atoms with E-state index in [4.69, 9.17) is 22.1 Å². The summed E-state index contributed by atoms with van der Waals surface area (Å²) >= 11 is 6.01. The van der Waals surface area contributed by atoms with Gasteiger partial charge < -0.3 is 10.5 Å². The summed E-state index contributed by atoms with van der Waals surface area (Å²) in [6, 6.07) is 5.03. The molecule has 0 unspecified atom stereocenters. The Bertz CT molecular complexity index is 455. The fourth-order valence-corrected chi connectivity index (χ4v) is 2.72. The number of carbonyl (C=O) groups is 1. The predicted octanol–water partition coefficient (Wildman–Crippen LogP) is 4.05. The molecule has 0 amide bonds. The van der Waals surface area contributed by atoms with E-state index in [-0.39, 0.29) is 11.7 Å². The van der Waals surface area contributed by atoms with Crippen molar-refractivity contribution in [3.05, 3.63) is 28.8 Å². The largest absolute Gasteiger partial charge is 0.459 e. The zero-order valence-electron chi connectivity index (χ0n) is 11.4. The normalized spacial score (nSPS) is 19.1. The van der Waals surface area contributed by atoms with Crippen molar-refractivity contribution in [1.29, 1.82) is 0 Å². The summed E-state index contributed by atoms with van der Waals surface area (Å²) in [7, 11) is 0. The lowest BCUT2D eigenvalue weighted by Gasteiger charge is -2.33. The fraction of sp³-hybridized carbons (Fsp3) is 0.533. The number of carbonyl (C=O) groups excluding carboxylic acids is 1. The van der Waals surface area contributed by atoms with Gasteiger partial charge >= 0.3 is 5.97 Å². The van der Waals surface area contributed by atoms with Crippen molar-refractivity contribution >= 4 is 23.3 Å². The third kappa shape index (κ3) is 3.41. The Morgan fingerprint density at radius 3 is 2.58 bits per heavy atom. The van der Waals surface area contributed by atoms with Crippen LogP contribution in [0, 0.1) is 5.41 Å². The second kappa shape index (κ2) is 5.41. The minimum atomic E-state index is -0.409. The van der Waals surface area contributed by atoms with Crippen LogP contribution >= 0.6 is 11.6 Å². The van der Waals surface area contributed by atoms with E-state index in [9.17, 15) is 4.79 Å². The summed E-state index contributed by atoms with van der Waals surface area (Å²) in [5.74, 6) is -0.409. The van der Waals surface area contributed by atoms with Crippen LogP contribution in [0.5, 0.6) is 0 Å². The quantitative estimate of drug-likeness (QED) is 0.657. The topological polar surface area (TPSA) is 52.3 Å². The Morgan fingerprint density at radius 1 is 1.37 bits per heavy atom. The van der Waals surface area contributed by atoms with E-state index in [1.54, 1.807) is 18.2 Å². The van der Waals surface area contributed by atoms with Crippen LogP contribution in [0.3, 0.4) is 0 Å². The van der Waals surface area contributed by atoms with Crippen LogP contribution < -0.4 is 5.73 Å². The Hall–Kier alpha value is -1.22. The number of esters is 1. The van der Waals surface area contributed by atoms with Crippen LogP contribution in [0.2, 0.25) is 5.02 Å². The number of nitrogen functional groups attached to an aromatic ring is 1. The number of hydrogen-bond acceptors (Lipinski definition) is 3. The van der Waals surface area contributed by atoms with E-state index in [0.29, 0.717) is 16.1 Å². The van der Waals surface area contributed by atoms with Crippen molar-refractivity contribution in [2.24, 2.45) is 5.41 Å². The van der Waals surface area contributed by atoms with Crippen LogP contribution in [-0.4, -0.2) is 12.1 Å². The average Bonchev–Trinajstić information content (AvgIpc) is 2.32. The van der Waals surface area contributed by atoms with Crippen molar-refractivity contribution in [2.45, 2.75) is 45.6 Å². The maximum Gasteiger partial charge on any atom is 0.342 e. The highest BCUT2D eigenvalue weighted by atomic mass is 35.5. The molecule has 0 heterocycles. The molecule has 1 aliphatic carbocycles. The van der Waals surface area contributed by atoms with Gasteiger partial charge in [0, 0.05) is 5.69 Å². The van der Waals surface area contributed by atoms with Gasteiger partial charge in [0.05, 0.1) is 5.02 Å². The standard InChI is InChI=1S/C15H20ClNO2/c1-15(2)8-6-10(7-9-15)19-14(18)13-11(16)4-3-5-12(13)17/h3-5,10H,6-9,17H2,1-2H3. The molecule has 3 nitrogen and oxygen atoms in total. The van der Waals surface area contributed by atoms with Crippen LogP contribution in [0.1, 0.15) is 49.9 Å². The summed E-state index contributed by atoms with van der Waals surface area (Å²) in [6.45, 7) is 4.49. The van der Waals surface area contributed by atoms with Crippen molar-refractivity contribution in [2.75, 3.05) is 5.73 Å². The van der Waals surface area contributed by atoms with E-state index in [0.717, 1.165) is 25.7 Å². The molecule has 0 bridgehead atoms. The molecule has 19 heavy (non-hydrogen) atoms. The van der Waals surface area contributed by atoms with Gasteiger partial charge in [-0.2, -0.15) is 0 Å². The monoisotopic (exact) mass is 281 g/mol. The molecule has 1 aliphatic rings. The van der Waals surface area contributed by atoms with E-state index in [1.807, 2.05) is 0 Å². The maximum absolute atomic E-state index is 12.1. The van der Waals surface area contributed by atoms with Crippen LogP contribution in [-0.2, 0) is 4.74 Å². The molecule has 0 radical (unpaired) electrons. The first-order valence-corrected chi connectivity index (χ1v) is 7.02. The molecular weight excluding hydrogens is 262 g/mol. The first kappa shape index (κ1) is 14.2. The second-order valence-electron chi connectivity index (χ2n) is 5.97. The average molecular weight is 282 g/mol. The van der Waals surface area contributed by atoms with Gasteiger partial charge in [-0.15, -0.1) is 0 Å². The lowest BCUT2D eigenvalue weighted by Crippen LogP contribution is -2.28. The first-order valence-electron chi connectivity index (χ1n) is 6.64. The molecule has 4 heteroatoms. The van der Waals surface area contributed by atoms with E-state index < -0.39 is 5.97 Å². The van der Waals surface area contributed by atoms with Gasteiger partial charge in [0.15, 0.2) is 0 Å². The van der Waals surface area contributed by atoms with Gasteiger partial charge in [-0.05, 0) is 43.2 Å². The van der Waals surface area contributed by atoms with Crippen LogP contribution in [0.4, 0.5) is 5.69 Å². The zero-order valence-corrected chi connectivity index (χ0v) is 12.2. The van der Waals surface area contributed by atoms with Crippen molar-refractivity contribution in [3.8, 4) is 0 Å². The smallest absolute Gasteiger partial charge is 0.342 e. The Kier molecular flexibility index (Phi) is 4.04. The molecule has 0 aromatic heterocycles. The second-order valence-corrected chi connectivity index (χ2v) is 6.38. The van der Waals surface area contributed by atoms with Gasteiger partial charge in [-0.25, -0.2) is 4.79 Å². The summed E-state index contributed by atoms with van der Waals surface area (Å²) in [5.41, 5.74) is 6.79. The molecule has 0 saturated heterocycles. The third-order valence-electron chi connectivity index (χ3n) is 3.81. The van der Waals surface area contributed by atoms with Crippen molar-refractivity contribution in [1.82, 2.24) is 0 Å². The number of hydrogen-bond donors (Lipinski definition) is 1. The van der Waals surface area contributed by atoms with E-state index in [1.165, 1.54) is 0 Å². The highest BCUT2D eigenvalue weighted by Gasteiger charge is 2.29. The molecule has 1 fully saturated rings. The molecule has 104 valence electrons. The molecule has 0 spiro atoms. The zero-order chi connectivity index (χ0) is 14.0. The molecule has 2 rings (SSSR count). The minimum absolute atomic E-state index is 0.0174. The summed E-state index contributed by atoms with van der Waals surface area (Å²) < 4.78 is 5.53. The van der Waals surface area contributed by atoms with Gasteiger partial charge in [0.2, 0.25) is 0 Å². The maximum atomic E-state index is 12.1. The summed E-state index contributed by atoms with van der Waals surface area (Å²) in [6.07, 6.45) is 3.94. The number of ether oxygens (including phenoxy) is 1. The number of anilines is 1. The SMILES string of the molecule is CC1(C)CCC(OC(=O)c2c(N)cccc2Cl)CC1. The first-order chi connectivity index (χ1) is 8.89. The third-order valence-corrected chi connectivity index (χ3v) is 4.12. The molecule has 2 N–H and O–H groups in total. The lowest BCUT2D eigenvalue weighted by molar-refractivity contribution is 0.00964. The van der Waals surface area contributed by atoms with E-state index in [2.05, 4.69) is 13.8 Å². The molecule has 1 saturated carbocycles. The van der Waals surface area contributed by atoms with Crippen molar-refractivity contribution < 1.29 is 9.53 Å². The van der Waals surface area contributed by atoms with Gasteiger partial charge in [-0.3, -0.25) is 0 Å². The Labute approximate surface area is 119 Å². The highest BCUT2D eigenvalue weighted by Crippen LogP contribution is 2.36. The summed E-state index contributed by atoms with van der Waals surface area (Å²) in [4.78, 5) is 12.1. The van der Waals surface area contributed by atoms with Crippen LogP contribution in [0.15, 0.2) is 18.2 Å². The molecule has 0 aliphatic heterocycles. The molecule has 0 atom stereocenters. The number of nitrogens with two attached hydrogens (primary N) is 1. The highest BCUT2D eigenvalue weighted by molar-refractivity contribution is 6.34. The predicted molar refractivity (Wildman–Crippen MR) is 77.3 cm³/mol. The number of rotatable bonds is 2. The number of benzene rings is 1. The molecule has 1 aromatic rings. The number of halogens is 1. The molecule has 1 aromatic carbocycles. The van der Waals surface area contributed by atoms with Gasteiger partial charge in [0.1, 0.15) is 11.7 Å². The van der Waals surface area contributed by atoms with Crippen molar-refractivity contribution in [3.63, 3.8) is 0 Å². The van der Waals surface area contributed by atoms with Gasteiger partial charge in [-0.1, -0.05) is 31.5 Å². The Balaban J connectivity index is 2.02. The Morgan fingerprint density at radius 2 is 2.00 bits per heavy atom. The van der Waals surface area contributed by atoms with Crippen LogP contribution in [0.25, 0.3) is 0 Å². The van der Waals surface area contributed by atoms with Gasteiger partial charge in [0.25, 0.3) is 0 Å². The summed E-state index contributed by atoms with van der Waals surface area (Å²) in [5, 5.41) is 0.348. The minimum Gasteiger partial charge on any atom is -0.459 e. The lowest BCUT2D eigenvalue weighted by atomic mass is 9.76. The van der Waals surface area contributed by atoms with E-state index >= 15 is 0 Å². The molecular formula is C15H20ClNO2. The fourth-order valence-electron chi connectivity index (χ4n) is 2.46.